The summed E-state index contributed by atoms with van der Waals surface area (Å²) in [5.41, 5.74) is 1.20. The van der Waals surface area contributed by atoms with Gasteiger partial charge in [-0.15, -0.1) is 0 Å². The number of hydrogen-bond acceptors (Lipinski definition) is 2. The maximum absolute atomic E-state index is 13.8. The van der Waals surface area contributed by atoms with Crippen LogP contribution in [0, 0.1) is 23.5 Å². The van der Waals surface area contributed by atoms with Crippen LogP contribution in [0.25, 0.3) is 0 Å². The summed E-state index contributed by atoms with van der Waals surface area (Å²) in [6.07, 6.45) is 3.84. The minimum absolute atomic E-state index is 0.422. The first kappa shape index (κ1) is 10.6. The lowest BCUT2D eigenvalue weighted by Gasteiger charge is -2.36. The summed E-state index contributed by atoms with van der Waals surface area (Å²) in [6, 6.07) is 2.85. The number of halogens is 2. The Kier molecular flexibility index (Phi) is 2.11. The van der Waals surface area contributed by atoms with Gasteiger partial charge in [0.2, 0.25) is 0 Å². The predicted octanol–water partition coefficient (Wildman–Crippen LogP) is 3.00. The van der Waals surface area contributed by atoms with Gasteiger partial charge in [-0.1, -0.05) is 6.42 Å². The molecule has 2 nitrogen and oxygen atoms in total. The summed E-state index contributed by atoms with van der Waals surface area (Å²) in [4.78, 5) is 2.23. The Morgan fingerprint density at radius 3 is 3.00 bits per heavy atom. The van der Waals surface area contributed by atoms with Crippen molar-refractivity contribution < 1.29 is 8.78 Å². The maximum Gasteiger partial charge on any atom is 0.151 e. The van der Waals surface area contributed by atoms with Gasteiger partial charge in [-0.2, -0.15) is 0 Å². The number of fused-ring (bicyclic) bond motifs is 5. The van der Waals surface area contributed by atoms with Crippen LogP contribution in [0.5, 0.6) is 0 Å². The first-order valence-corrected chi connectivity index (χ1v) is 6.73. The molecule has 1 aromatic rings. The van der Waals surface area contributed by atoms with Crippen molar-refractivity contribution in [2.45, 2.75) is 25.3 Å². The van der Waals surface area contributed by atoms with E-state index in [4.69, 9.17) is 0 Å². The highest BCUT2D eigenvalue weighted by atomic mass is 19.1. The number of rotatable bonds is 0. The fraction of sp³-hybridized carbons (Fsp3) is 0.571. The Morgan fingerprint density at radius 1 is 1.22 bits per heavy atom. The molecule has 0 amide bonds. The lowest BCUT2D eigenvalue weighted by atomic mass is 9.93. The predicted molar refractivity (Wildman–Crippen MR) is 66.8 cm³/mol. The number of hydrogen-bond donors (Lipinski definition) is 1. The molecule has 3 atom stereocenters. The van der Waals surface area contributed by atoms with Crippen molar-refractivity contribution in [3.63, 3.8) is 0 Å². The zero-order valence-corrected chi connectivity index (χ0v) is 10.1. The molecule has 1 saturated heterocycles. The third kappa shape index (κ3) is 1.32. The van der Waals surface area contributed by atoms with Crippen LogP contribution in [0.15, 0.2) is 12.1 Å². The van der Waals surface area contributed by atoms with Crippen molar-refractivity contribution >= 4 is 11.4 Å². The Balaban J connectivity index is 1.78. The second-order valence-corrected chi connectivity index (χ2v) is 5.74. The Morgan fingerprint density at radius 2 is 2.11 bits per heavy atom. The summed E-state index contributed by atoms with van der Waals surface area (Å²) in [5, 5.41) is 3.16. The molecule has 0 spiro atoms. The highest BCUT2D eigenvalue weighted by molar-refractivity contribution is 5.74. The lowest BCUT2D eigenvalue weighted by molar-refractivity contribution is 0.428. The minimum Gasteiger partial charge on any atom is -0.379 e. The van der Waals surface area contributed by atoms with Gasteiger partial charge in [0.25, 0.3) is 0 Å². The molecule has 1 aromatic carbocycles. The average Bonchev–Trinajstić information content (AvgIpc) is 2.88. The normalized spacial score (nSPS) is 32.8. The fourth-order valence-electron chi connectivity index (χ4n) is 4.12. The van der Waals surface area contributed by atoms with Gasteiger partial charge in [0.05, 0.1) is 11.4 Å². The van der Waals surface area contributed by atoms with E-state index in [0.717, 1.165) is 24.8 Å². The third-order valence-electron chi connectivity index (χ3n) is 4.88. The molecule has 2 aliphatic heterocycles. The van der Waals surface area contributed by atoms with Crippen molar-refractivity contribution in [3.8, 4) is 0 Å². The van der Waals surface area contributed by atoms with E-state index >= 15 is 0 Å². The van der Waals surface area contributed by atoms with Crippen LogP contribution in [-0.4, -0.2) is 19.1 Å². The quantitative estimate of drug-likeness (QED) is 0.761. The smallest absolute Gasteiger partial charge is 0.151 e. The van der Waals surface area contributed by atoms with Gasteiger partial charge in [-0.25, -0.2) is 8.78 Å². The molecular formula is C14H16F2N2. The monoisotopic (exact) mass is 250 g/mol. The first-order chi connectivity index (χ1) is 8.74. The molecule has 2 heterocycles. The second-order valence-electron chi connectivity index (χ2n) is 5.74. The van der Waals surface area contributed by atoms with Gasteiger partial charge in [0, 0.05) is 25.2 Å². The Labute approximate surface area is 105 Å². The van der Waals surface area contributed by atoms with Gasteiger partial charge >= 0.3 is 0 Å². The van der Waals surface area contributed by atoms with Crippen LogP contribution in [0.1, 0.15) is 19.3 Å². The number of nitrogens with zero attached hydrogens (tertiary/aromatic N) is 1. The van der Waals surface area contributed by atoms with E-state index in [2.05, 4.69) is 10.2 Å². The molecule has 0 aromatic heterocycles. The van der Waals surface area contributed by atoms with E-state index in [1.165, 1.54) is 25.3 Å². The summed E-state index contributed by atoms with van der Waals surface area (Å²) in [7, 11) is 0. The minimum atomic E-state index is -0.481. The Bertz CT molecular complexity index is 503. The van der Waals surface area contributed by atoms with Gasteiger partial charge in [-0.05, 0) is 30.7 Å². The van der Waals surface area contributed by atoms with Crippen LogP contribution >= 0.6 is 0 Å². The molecule has 1 saturated carbocycles. The molecule has 1 aliphatic carbocycles. The third-order valence-corrected chi connectivity index (χ3v) is 4.88. The maximum atomic E-state index is 13.8. The molecule has 0 radical (unpaired) electrons. The second kappa shape index (κ2) is 3.59. The summed E-state index contributed by atoms with van der Waals surface area (Å²) in [6.45, 7) is 1.75. The van der Waals surface area contributed by atoms with Crippen molar-refractivity contribution in [1.82, 2.24) is 0 Å². The largest absolute Gasteiger partial charge is 0.379 e. The summed E-state index contributed by atoms with van der Waals surface area (Å²) >= 11 is 0. The van der Waals surface area contributed by atoms with Crippen LogP contribution in [0.3, 0.4) is 0 Å². The van der Waals surface area contributed by atoms with E-state index < -0.39 is 11.6 Å². The molecule has 4 heteroatoms. The van der Waals surface area contributed by atoms with Gasteiger partial charge in [0.15, 0.2) is 5.82 Å². The molecule has 1 N–H and O–H groups in total. The highest BCUT2D eigenvalue weighted by Crippen LogP contribution is 2.48. The van der Waals surface area contributed by atoms with Crippen molar-refractivity contribution in [2.24, 2.45) is 11.8 Å². The summed E-state index contributed by atoms with van der Waals surface area (Å²) in [5.74, 6) is 0.470. The van der Waals surface area contributed by atoms with E-state index in [9.17, 15) is 8.78 Å². The zero-order chi connectivity index (χ0) is 12.3. The average molecular weight is 250 g/mol. The van der Waals surface area contributed by atoms with Gasteiger partial charge in [0.1, 0.15) is 5.82 Å². The first-order valence-electron chi connectivity index (χ1n) is 6.73. The van der Waals surface area contributed by atoms with Crippen LogP contribution in [0.4, 0.5) is 20.2 Å². The van der Waals surface area contributed by atoms with Crippen LogP contribution in [-0.2, 0) is 0 Å². The van der Waals surface area contributed by atoms with Gasteiger partial charge < -0.3 is 10.2 Å². The van der Waals surface area contributed by atoms with E-state index in [-0.39, 0.29) is 0 Å². The van der Waals surface area contributed by atoms with E-state index in [0.29, 0.717) is 23.6 Å². The zero-order valence-electron chi connectivity index (χ0n) is 10.1. The molecule has 3 unspecified atom stereocenters. The topological polar surface area (TPSA) is 15.3 Å². The van der Waals surface area contributed by atoms with Crippen molar-refractivity contribution in [1.29, 1.82) is 0 Å². The molecule has 96 valence electrons. The van der Waals surface area contributed by atoms with E-state index in [1.54, 1.807) is 0 Å². The SMILES string of the molecule is Fc1cc(F)c2c(c1)N1CC3CCCC3C1CN2. The van der Waals surface area contributed by atoms with E-state index in [1.807, 2.05) is 0 Å². The molecule has 3 aliphatic rings. The fourth-order valence-corrected chi connectivity index (χ4v) is 4.12. The Hall–Kier alpha value is -1.32. The molecular weight excluding hydrogens is 234 g/mol. The molecule has 18 heavy (non-hydrogen) atoms. The van der Waals surface area contributed by atoms with Gasteiger partial charge in [-0.3, -0.25) is 0 Å². The number of benzene rings is 1. The lowest BCUT2D eigenvalue weighted by Crippen LogP contribution is -2.42. The highest BCUT2D eigenvalue weighted by Gasteiger charge is 2.46. The van der Waals surface area contributed by atoms with Crippen molar-refractivity contribution in [3.05, 3.63) is 23.8 Å². The van der Waals surface area contributed by atoms with Crippen LogP contribution in [0.2, 0.25) is 0 Å². The number of anilines is 2. The molecule has 2 fully saturated rings. The van der Waals surface area contributed by atoms with Crippen molar-refractivity contribution in [2.75, 3.05) is 23.3 Å². The molecule has 0 bridgehead atoms. The van der Waals surface area contributed by atoms with Crippen LogP contribution < -0.4 is 10.2 Å². The standard InChI is InChI=1S/C14H16F2N2/c15-9-4-11(16)14-12(5-9)18-7-8-2-1-3-10(8)13(18)6-17-14/h4-5,8,10,13,17H,1-3,6-7H2. The number of nitrogens with one attached hydrogen (secondary N) is 1. The summed E-state index contributed by atoms with van der Waals surface area (Å²) < 4.78 is 27.2. The molecule has 4 rings (SSSR count).